The van der Waals surface area contributed by atoms with Gasteiger partial charge in [-0.2, -0.15) is 0 Å². The molecule has 0 aromatic heterocycles. The highest BCUT2D eigenvalue weighted by Crippen LogP contribution is 2.48. The Morgan fingerprint density at radius 3 is 0.615 bits per heavy atom. The van der Waals surface area contributed by atoms with Gasteiger partial charge in [0.15, 0.2) is 0 Å². The molecule has 4 heteroatoms. The van der Waals surface area contributed by atoms with E-state index in [9.17, 15) is 0 Å². The fourth-order valence-electron chi connectivity index (χ4n) is 7.37. The zero-order valence-electron chi connectivity index (χ0n) is 20.5. The summed E-state index contributed by atoms with van der Waals surface area (Å²) in [4.78, 5) is 0. The normalized spacial score (nSPS) is 14.1. The van der Waals surface area contributed by atoms with Gasteiger partial charge < -0.3 is 0 Å². The standard InChI is InChI=1S/C22H54Si4/c1-11-17-23(7,18-12-2)26(10,24(8,19-13-3)20-14-4)25(9,21-15-5)22-16-6/h11-22H2,1-10H3. The summed E-state index contributed by atoms with van der Waals surface area (Å²) in [7, 11) is -3.48. The van der Waals surface area contributed by atoms with Crippen molar-refractivity contribution in [1.82, 2.24) is 0 Å². The van der Waals surface area contributed by atoms with E-state index in [1.54, 1.807) is 36.3 Å². The third-order valence-electron chi connectivity index (χ3n) is 8.43. The molecule has 26 heavy (non-hydrogen) atoms. The van der Waals surface area contributed by atoms with Crippen LogP contribution >= 0.6 is 0 Å². The van der Waals surface area contributed by atoms with E-state index in [1.165, 1.54) is 38.5 Å². The van der Waals surface area contributed by atoms with Crippen LogP contribution in [0.3, 0.4) is 0 Å². The molecule has 0 bridgehead atoms. The quantitative estimate of drug-likeness (QED) is 0.227. The van der Waals surface area contributed by atoms with Crippen molar-refractivity contribution in [3.05, 3.63) is 0 Å². The average molecular weight is 431 g/mol. The van der Waals surface area contributed by atoms with Crippen molar-refractivity contribution in [2.45, 2.75) is 143 Å². The summed E-state index contributed by atoms with van der Waals surface area (Å²) in [5.41, 5.74) is 0. The van der Waals surface area contributed by atoms with Crippen LogP contribution in [-0.2, 0) is 0 Å². The highest BCUT2D eigenvalue weighted by molar-refractivity contribution is 7.89. The van der Waals surface area contributed by atoms with Gasteiger partial charge in [0.25, 0.3) is 0 Å². The molecule has 0 aliphatic heterocycles. The van der Waals surface area contributed by atoms with Crippen molar-refractivity contribution in [2.75, 3.05) is 0 Å². The molecule has 0 N–H and O–H groups in total. The molecule has 0 fully saturated rings. The number of hydrogen-bond acceptors (Lipinski definition) is 0. The number of rotatable bonds is 15. The van der Waals surface area contributed by atoms with Gasteiger partial charge in [0, 0.05) is 29.4 Å². The van der Waals surface area contributed by atoms with Crippen molar-refractivity contribution >= 4 is 29.4 Å². The molecule has 0 saturated carbocycles. The van der Waals surface area contributed by atoms with Crippen LogP contribution < -0.4 is 0 Å². The Labute approximate surface area is 171 Å². The molecule has 0 aromatic rings. The van der Waals surface area contributed by atoms with Crippen molar-refractivity contribution in [2.24, 2.45) is 0 Å². The van der Waals surface area contributed by atoms with Gasteiger partial charge in [-0.25, -0.2) is 0 Å². The minimum Gasteiger partial charge on any atom is -0.0746 e. The van der Waals surface area contributed by atoms with Crippen molar-refractivity contribution in [3.63, 3.8) is 0 Å². The van der Waals surface area contributed by atoms with Crippen LogP contribution in [0.4, 0.5) is 0 Å². The topological polar surface area (TPSA) is 0 Å². The Kier molecular flexibility index (Phi) is 12.2. The predicted molar refractivity (Wildman–Crippen MR) is 137 cm³/mol. The van der Waals surface area contributed by atoms with Crippen LogP contribution in [0.1, 0.15) is 80.1 Å². The summed E-state index contributed by atoms with van der Waals surface area (Å²) in [5, 5.41) is 0. The minimum atomic E-state index is -1.22. The van der Waals surface area contributed by atoms with Crippen molar-refractivity contribution < 1.29 is 0 Å². The second-order valence-electron chi connectivity index (χ2n) is 10.3. The van der Waals surface area contributed by atoms with E-state index in [0.717, 1.165) is 0 Å². The molecule has 0 rings (SSSR count). The minimum absolute atomic E-state index is 1.16. The molecule has 0 unspecified atom stereocenters. The highest BCUT2D eigenvalue weighted by atomic mass is 29.9. The second kappa shape index (κ2) is 11.8. The smallest absolute Gasteiger partial charge is 0.0395 e. The second-order valence-corrected chi connectivity index (χ2v) is 49.3. The SMILES string of the molecule is CCC[Si](C)(CCC)[Si](C)([Si](C)(CCC)CCC)[Si](C)(CCC)CCC. The van der Waals surface area contributed by atoms with Gasteiger partial charge in [-0.05, 0) is 0 Å². The lowest BCUT2D eigenvalue weighted by molar-refractivity contribution is 0.976. The molecular formula is C22H54Si4. The van der Waals surface area contributed by atoms with Crippen molar-refractivity contribution in [1.29, 1.82) is 0 Å². The lowest BCUT2D eigenvalue weighted by atomic mass is 10.6. The fraction of sp³-hybridized carbons (Fsp3) is 1.00. The van der Waals surface area contributed by atoms with Crippen LogP contribution in [0.25, 0.3) is 0 Å². The van der Waals surface area contributed by atoms with Gasteiger partial charge in [-0.3, -0.25) is 0 Å². The van der Waals surface area contributed by atoms with Gasteiger partial charge in [0.1, 0.15) is 0 Å². The number of hydrogen-bond donors (Lipinski definition) is 0. The Balaban J connectivity index is 6.72. The summed E-state index contributed by atoms with van der Waals surface area (Å²) < 4.78 is 0. The summed E-state index contributed by atoms with van der Waals surface area (Å²) in [5.74, 6) is 0. The summed E-state index contributed by atoms with van der Waals surface area (Å²) in [6.45, 7) is 25.6. The Hall–Kier alpha value is 0.868. The molecule has 0 spiro atoms. The third kappa shape index (κ3) is 5.27. The van der Waals surface area contributed by atoms with E-state index >= 15 is 0 Å². The molecule has 0 amide bonds. The molecule has 0 atom stereocenters. The molecule has 0 nitrogen and oxygen atoms in total. The van der Waals surface area contributed by atoms with Crippen molar-refractivity contribution in [3.8, 4) is 0 Å². The lowest BCUT2D eigenvalue weighted by Gasteiger charge is -2.62. The zero-order valence-corrected chi connectivity index (χ0v) is 24.5. The Bertz CT molecular complexity index is 307. The van der Waals surface area contributed by atoms with E-state index in [-0.39, 0.29) is 0 Å². The first-order valence-corrected chi connectivity index (χ1v) is 26.4. The summed E-state index contributed by atoms with van der Waals surface area (Å²) in [6.07, 6.45) is 8.73. The maximum atomic E-state index is 3.07. The largest absolute Gasteiger partial charge is 0.0746 e. The van der Waals surface area contributed by atoms with Gasteiger partial charge in [-0.1, -0.05) is 143 Å². The monoisotopic (exact) mass is 430 g/mol. The van der Waals surface area contributed by atoms with Crippen LogP contribution in [0, 0.1) is 0 Å². The molecule has 0 aliphatic rings. The molecule has 0 radical (unpaired) electrons. The van der Waals surface area contributed by atoms with Gasteiger partial charge in [0.2, 0.25) is 0 Å². The zero-order chi connectivity index (χ0) is 20.5. The van der Waals surface area contributed by atoms with Crippen LogP contribution in [0.2, 0.25) is 62.5 Å². The predicted octanol–water partition coefficient (Wildman–Crippen LogP) is 9.00. The first-order valence-electron chi connectivity index (χ1n) is 12.1. The maximum absolute atomic E-state index is 3.07. The molecular weight excluding hydrogens is 377 g/mol. The van der Waals surface area contributed by atoms with E-state index in [2.05, 4.69) is 67.7 Å². The van der Waals surface area contributed by atoms with Gasteiger partial charge in [-0.15, -0.1) is 0 Å². The van der Waals surface area contributed by atoms with E-state index < -0.39 is 29.4 Å². The van der Waals surface area contributed by atoms with Crippen LogP contribution in [-0.4, -0.2) is 29.4 Å². The molecule has 0 aromatic carbocycles. The maximum Gasteiger partial charge on any atom is 0.0395 e. The lowest BCUT2D eigenvalue weighted by Crippen LogP contribution is -2.85. The first-order chi connectivity index (χ1) is 12.1. The Morgan fingerprint density at radius 1 is 0.346 bits per heavy atom. The van der Waals surface area contributed by atoms with Crippen LogP contribution in [0.5, 0.6) is 0 Å². The fourth-order valence-corrected chi connectivity index (χ4v) is 102. The molecule has 0 saturated heterocycles. The molecule has 158 valence electrons. The molecule has 0 aliphatic carbocycles. The van der Waals surface area contributed by atoms with Gasteiger partial charge in [0.05, 0.1) is 0 Å². The van der Waals surface area contributed by atoms with Crippen LogP contribution in [0.15, 0.2) is 0 Å². The summed E-state index contributed by atoms with van der Waals surface area (Å²) >= 11 is 0. The third-order valence-corrected chi connectivity index (χ3v) is 84.1. The highest BCUT2D eigenvalue weighted by Gasteiger charge is 2.65. The van der Waals surface area contributed by atoms with E-state index in [4.69, 9.17) is 0 Å². The first kappa shape index (κ1) is 26.9. The Morgan fingerprint density at radius 2 is 0.500 bits per heavy atom. The molecule has 0 heterocycles. The average Bonchev–Trinajstić information content (AvgIpc) is 2.55. The van der Waals surface area contributed by atoms with E-state index in [1.807, 2.05) is 0 Å². The van der Waals surface area contributed by atoms with Gasteiger partial charge >= 0.3 is 0 Å². The van der Waals surface area contributed by atoms with E-state index in [0.29, 0.717) is 0 Å². The summed E-state index contributed by atoms with van der Waals surface area (Å²) in [6, 6.07) is 9.89.